The van der Waals surface area contributed by atoms with Gasteiger partial charge in [0.1, 0.15) is 5.82 Å². The third-order valence-electron chi connectivity index (χ3n) is 5.37. The number of piperazine rings is 1. The van der Waals surface area contributed by atoms with Gasteiger partial charge in [-0.15, -0.1) is 0 Å². The van der Waals surface area contributed by atoms with E-state index in [1.54, 1.807) is 0 Å². The Labute approximate surface area is 184 Å². The molecule has 0 aliphatic carbocycles. The van der Waals surface area contributed by atoms with Gasteiger partial charge in [0.15, 0.2) is 0 Å². The van der Waals surface area contributed by atoms with E-state index < -0.39 is 46.7 Å². The first-order valence-electron chi connectivity index (χ1n) is 9.97. The zero-order valence-corrected chi connectivity index (χ0v) is 17.1. The third-order valence-corrected chi connectivity index (χ3v) is 5.37. The number of halogens is 7. The van der Waals surface area contributed by atoms with Crippen LogP contribution in [0.3, 0.4) is 0 Å². The Morgan fingerprint density at radius 2 is 1.36 bits per heavy atom. The van der Waals surface area contributed by atoms with Gasteiger partial charge >= 0.3 is 12.4 Å². The second kappa shape index (κ2) is 9.40. The van der Waals surface area contributed by atoms with Crippen molar-refractivity contribution in [1.82, 2.24) is 9.80 Å². The summed E-state index contributed by atoms with van der Waals surface area (Å²) >= 11 is 0. The van der Waals surface area contributed by atoms with E-state index in [9.17, 15) is 40.3 Å². The Hall–Kier alpha value is -3.11. The Morgan fingerprint density at radius 3 is 1.97 bits per heavy atom. The van der Waals surface area contributed by atoms with Crippen molar-refractivity contribution in [2.45, 2.75) is 25.2 Å². The van der Waals surface area contributed by atoms with Crippen LogP contribution in [0, 0.1) is 5.82 Å². The summed E-state index contributed by atoms with van der Waals surface area (Å²) in [5, 5.41) is 0. The SMILES string of the molecule is O=C(CCc1ccccc1C(F)(F)F)N1CCN(C(=O)c2cc(F)ccc2C(F)(F)F)CC1. The first-order chi connectivity index (χ1) is 15.4. The predicted octanol–water partition coefficient (Wildman–Crippen LogP) is 4.78. The fourth-order valence-electron chi connectivity index (χ4n) is 3.68. The number of carbonyl (C=O) groups is 2. The lowest BCUT2D eigenvalue weighted by Gasteiger charge is -2.35. The van der Waals surface area contributed by atoms with Gasteiger partial charge in [-0.1, -0.05) is 18.2 Å². The molecule has 1 aliphatic rings. The fourth-order valence-corrected chi connectivity index (χ4v) is 3.68. The van der Waals surface area contributed by atoms with Crippen LogP contribution in [0.15, 0.2) is 42.5 Å². The lowest BCUT2D eigenvalue weighted by atomic mass is 10.0. The van der Waals surface area contributed by atoms with Crippen LogP contribution in [-0.4, -0.2) is 47.8 Å². The quantitative estimate of drug-likeness (QED) is 0.596. The molecule has 0 aromatic heterocycles. The molecule has 2 aromatic rings. The number of nitrogens with zero attached hydrogens (tertiary/aromatic N) is 2. The van der Waals surface area contributed by atoms with Gasteiger partial charge < -0.3 is 9.80 Å². The minimum absolute atomic E-state index is 0.00214. The molecular formula is C22H19F7N2O2. The molecule has 0 bridgehead atoms. The highest BCUT2D eigenvalue weighted by Crippen LogP contribution is 2.34. The van der Waals surface area contributed by atoms with Gasteiger partial charge in [-0.05, 0) is 36.2 Å². The van der Waals surface area contributed by atoms with E-state index in [0.717, 1.165) is 11.0 Å². The number of hydrogen-bond donors (Lipinski definition) is 0. The molecule has 11 heteroatoms. The second-order valence-corrected chi connectivity index (χ2v) is 7.52. The molecule has 178 valence electrons. The summed E-state index contributed by atoms with van der Waals surface area (Å²) in [5.74, 6) is -2.42. The first-order valence-corrected chi connectivity index (χ1v) is 9.97. The number of alkyl halides is 6. The molecule has 1 aliphatic heterocycles. The standard InChI is InChI=1S/C22H19F7N2O2/c23-15-6-7-18(22(27,28)29)16(13-15)20(33)31-11-9-30(10-12-31)19(32)8-5-14-3-1-2-4-17(14)21(24,25)26/h1-4,6-7,13H,5,8-12H2. The maximum atomic E-state index is 13.5. The van der Waals surface area contributed by atoms with Crippen molar-refractivity contribution < 1.29 is 40.3 Å². The Balaban J connectivity index is 1.61. The number of aryl methyl sites for hydroxylation is 1. The lowest BCUT2D eigenvalue weighted by molar-refractivity contribution is -0.139. The molecule has 1 fully saturated rings. The molecule has 0 N–H and O–H groups in total. The van der Waals surface area contributed by atoms with Crippen molar-refractivity contribution >= 4 is 11.8 Å². The van der Waals surface area contributed by atoms with Crippen molar-refractivity contribution in [1.29, 1.82) is 0 Å². The molecule has 0 atom stereocenters. The second-order valence-electron chi connectivity index (χ2n) is 7.52. The molecular weight excluding hydrogens is 457 g/mol. The van der Waals surface area contributed by atoms with E-state index in [-0.39, 0.29) is 44.6 Å². The maximum absolute atomic E-state index is 13.5. The Kier molecular flexibility index (Phi) is 6.99. The molecule has 3 rings (SSSR count). The molecule has 0 saturated carbocycles. The van der Waals surface area contributed by atoms with Crippen molar-refractivity contribution in [3.8, 4) is 0 Å². The van der Waals surface area contributed by atoms with Crippen LogP contribution in [0.25, 0.3) is 0 Å². The third kappa shape index (κ3) is 5.82. The Morgan fingerprint density at radius 1 is 0.788 bits per heavy atom. The zero-order valence-electron chi connectivity index (χ0n) is 17.1. The van der Waals surface area contributed by atoms with E-state index >= 15 is 0 Å². The number of hydrogen-bond acceptors (Lipinski definition) is 2. The minimum Gasteiger partial charge on any atom is -0.339 e. The molecule has 0 radical (unpaired) electrons. The number of amides is 2. The first kappa shape index (κ1) is 24.5. The van der Waals surface area contributed by atoms with Gasteiger partial charge in [0.25, 0.3) is 5.91 Å². The van der Waals surface area contributed by atoms with Gasteiger partial charge in [-0.25, -0.2) is 4.39 Å². The molecule has 4 nitrogen and oxygen atoms in total. The number of benzene rings is 2. The highest BCUT2D eigenvalue weighted by Gasteiger charge is 2.37. The van der Waals surface area contributed by atoms with Gasteiger partial charge in [0, 0.05) is 32.6 Å². The van der Waals surface area contributed by atoms with Crippen LogP contribution >= 0.6 is 0 Å². The van der Waals surface area contributed by atoms with E-state index in [4.69, 9.17) is 0 Å². The molecule has 0 spiro atoms. The predicted molar refractivity (Wildman–Crippen MR) is 104 cm³/mol. The van der Waals surface area contributed by atoms with E-state index in [1.165, 1.54) is 23.1 Å². The van der Waals surface area contributed by atoms with Crippen LogP contribution < -0.4 is 0 Å². The Bertz CT molecular complexity index is 1030. The van der Waals surface area contributed by atoms with E-state index in [1.807, 2.05) is 0 Å². The van der Waals surface area contributed by atoms with Crippen LogP contribution in [0.5, 0.6) is 0 Å². The summed E-state index contributed by atoms with van der Waals surface area (Å²) in [6.45, 7) is -0.167. The zero-order chi connectivity index (χ0) is 24.4. The number of carbonyl (C=O) groups excluding carboxylic acids is 2. The summed E-state index contributed by atoms with van der Waals surface area (Å²) in [6, 6.07) is 6.58. The van der Waals surface area contributed by atoms with Gasteiger partial charge in [-0.2, -0.15) is 26.3 Å². The van der Waals surface area contributed by atoms with Crippen molar-refractivity contribution in [3.63, 3.8) is 0 Å². The van der Waals surface area contributed by atoms with Crippen molar-refractivity contribution in [3.05, 3.63) is 70.5 Å². The largest absolute Gasteiger partial charge is 0.417 e. The monoisotopic (exact) mass is 476 g/mol. The topological polar surface area (TPSA) is 40.6 Å². The van der Waals surface area contributed by atoms with Gasteiger partial charge in [0.05, 0.1) is 16.7 Å². The molecule has 33 heavy (non-hydrogen) atoms. The summed E-state index contributed by atoms with van der Waals surface area (Å²) in [5.41, 5.74) is -2.90. The average Bonchev–Trinajstić information content (AvgIpc) is 2.75. The molecule has 1 saturated heterocycles. The number of rotatable bonds is 4. The lowest BCUT2D eigenvalue weighted by Crippen LogP contribution is -2.50. The van der Waals surface area contributed by atoms with Crippen LogP contribution in [0.4, 0.5) is 30.7 Å². The normalized spacial score (nSPS) is 15.0. The van der Waals surface area contributed by atoms with Crippen molar-refractivity contribution in [2.75, 3.05) is 26.2 Å². The van der Waals surface area contributed by atoms with E-state index in [2.05, 4.69) is 0 Å². The average molecular weight is 476 g/mol. The van der Waals surface area contributed by atoms with Gasteiger partial charge in [-0.3, -0.25) is 9.59 Å². The molecule has 0 unspecified atom stereocenters. The highest BCUT2D eigenvalue weighted by molar-refractivity contribution is 5.96. The van der Waals surface area contributed by atoms with Crippen LogP contribution in [0.1, 0.15) is 33.5 Å². The molecule has 1 heterocycles. The van der Waals surface area contributed by atoms with Crippen LogP contribution in [0.2, 0.25) is 0 Å². The van der Waals surface area contributed by atoms with Crippen LogP contribution in [-0.2, 0) is 23.6 Å². The fraction of sp³-hybridized carbons (Fsp3) is 0.364. The minimum atomic E-state index is -4.84. The maximum Gasteiger partial charge on any atom is 0.417 e. The van der Waals surface area contributed by atoms with E-state index in [0.29, 0.717) is 18.2 Å². The van der Waals surface area contributed by atoms with Gasteiger partial charge in [0.2, 0.25) is 5.91 Å². The summed E-state index contributed by atoms with van der Waals surface area (Å²) in [7, 11) is 0. The van der Waals surface area contributed by atoms with Crippen molar-refractivity contribution in [2.24, 2.45) is 0 Å². The smallest absolute Gasteiger partial charge is 0.339 e. The molecule has 2 aromatic carbocycles. The molecule has 2 amide bonds. The highest BCUT2D eigenvalue weighted by atomic mass is 19.4. The summed E-state index contributed by atoms with van der Waals surface area (Å²) in [6.07, 6.45) is -9.71. The summed E-state index contributed by atoms with van der Waals surface area (Å²) < 4.78 is 92.3. The summed E-state index contributed by atoms with van der Waals surface area (Å²) in [4.78, 5) is 27.5.